The van der Waals surface area contributed by atoms with Gasteiger partial charge in [0.1, 0.15) is 24.6 Å². The molecule has 178 valence electrons. The molecule has 2 amide bonds. The minimum atomic E-state index is -1.36. The number of aromatic nitrogens is 4. The number of carbonyl (C=O) groups excluding carboxylic acids is 2. The summed E-state index contributed by atoms with van der Waals surface area (Å²) in [6, 6.07) is 16.6. The van der Waals surface area contributed by atoms with E-state index in [0.717, 1.165) is 4.90 Å². The lowest BCUT2D eigenvalue weighted by Crippen LogP contribution is -2.38. The quantitative estimate of drug-likeness (QED) is 0.358. The van der Waals surface area contributed by atoms with Crippen molar-refractivity contribution in [3.8, 4) is 0 Å². The van der Waals surface area contributed by atoms with Crippen LogP contribution >= 0.6 is 0 Å². The van der Waals surface area contributed by atoms with Gasteiger partial charge in [0.05, 0.1) is 12.9 Å². The molecule has 4 unspecified atom stereocenters. The normalized spacial score (nSPS) is 21.8. The van der Waals surface area contributed by atoms with E-state index in [0.29, 0.717) is 0 Å². The predicted molar refractivity (Wildman–Crippen MR) is 122 cm³/mol. The number of carbonyl (C=O) groups is 2. The van der Waals surface area contributed by atoms with Gasteiger partial charge in [-0.1, -0.05) is 36.4 Å². The number of fused-ring (bicyclic) bond motifs is 1. The van der Waals surface area contributed by atoms with Gasteiger partial charge in [-0.25, -0.2) is 19.9 Å². The molecule has 4 aromatic rings. The van der Waals surface area contributed by atoms with Crippen LogP contribution in [0, 0.1) is 0 Å². The molecule has 35 heavy (non-hydrogen) atoms. The van der Waals surface area contributed by atoms with Gasteiger partial charge in [-0.2, -0.15) is 0 Å². The van der Waals surface area contributed by atoms with E-state index in [9.17, 15) is 24.9 Å². The average molecular weight is 475 g/mol. The number of aliphatic hydroxyl groups is 3. The second kappa shape index (κ2) is 9.31. The molecule has 11 heteroatoms. The molecule has 4 atom stereocenters. The van der Waals surface area contributed by atoms with Crippen LogP contribution in [0.3, 0.4) is 0 Å². The third-order valence-corrected chi connectivity index (χ3v) is 5.79. The number of imidazole rings is 1. The fourth-order valence-corrected chi connectivity index (χ4v) is 4.00. The molecule has 3 heterocycles. The zero-order chi connectivity index (χ0) is 24.5. The molecule has 1 saturated heterocycles. The minimum Gasteiger partial charge on any atom is -0.394 e. The van der Waals surface area contributed by atoms with E-state index in [1.165, 1.54) is 17.2 Å². The summed E-state index contributed by atoms with van der Waals surface area (Å²) < 4.78 is 6.95. The highest BCUT2D eigenvalue weighted by Crippen LogP contribution is 2.33. The molecule has 0 radical (unpaired) electrons. The van der Waals surface area contributed by atoms with E-state index < -0.39 is 43.0 Å². The van der Waals surface area contributed by atoms with Gasteiger partial charge in [0.15, 0.2) is 23.2 Å². The van der Waals surface area contributed by atoms with Crippen molar-refractivity contribution in [2.75, 3.05) is 11.5 Å². The first kappa shape index (κ1) is 22.7. The Bertz CT molecular complexity index is 1310. The first-order valence-electron chi connectivity index (χ1n) is 10.8. The molecule has 0 spiro atoms. The van der Waals surface area contributed by atoms with Crippen molar-refractivity contribution >= 4 is 28.8 Å². The summed E-state index contributed by atoms with van der Waals surface area (Å²) in [6.07, 6.45) is -2.31. The summed E-state index contributed by atoms with van der Waals surface area (Å²) in [4.78, 5) is 40.7. The molecular formula is C24H21N5O6. The predicted octanol–water partition coefficient (Wildman–Crippen LogP) is 0.925. The highest BCUT2D eigenvalue weighted by Gasteiger charge is 2.44. The molecule has 0 saturated carbocycles. The lowest BCUT2D eigenvalue weighted by molar-refractivity contribution is -0.0511. The summed E-state index contributed by atoms with van der Waals surface area (Å²) in [7, 11) is 0. The maximum Gasteiger partial charge on any atom is 0.266 e. The van der Waals surface area contributed by atoms with Crippen molar-refractivity contribution < 1.29 is 29.6 Å². The fraction of sp³-hybridized carbons (Fsp3) is 0.208. The van der Waals surface area contributed by atoms with Crippen molar-refractivity contribution in [2.45, 2.75) is 24.5 Å². The molecule has 0 bridgehead atoms. The fourth-order valence-electron chi connectivity index (χ4n) is 4.00. The van der Waals surface area contributed by atoms with E-state index in [1.54, 1.807) is 60.7 Å². The van der Waals surface area contributed by atoms with Crippen molar-refractivity contribution in [1.82, 2.24) is 19.5 Å². The van der Waals surface area contributed by atoms with E-state index in [4.69, 9.17) is 4.74 Å². The van der Waals surface area contributed by atoms with Crippen LogP contribution in [0.25, 0.3) is 11.2 Å². The number of amides is 2. The lowest BCUT2D eigenvalue weighted by Gasteiger charge is -2.21. The first-order chi connectivity index (χ1) is 17.0. The minimum absolute atomic E-state index is 0.0526. The summed E-state index contributed by atoms with van der Waals surface area (Å²) in [5, 5.41) is 30.0. The zero-order valence-electron chi connectivity index (χ0n) is 18.2. The number of imide groups is 1. The van der Waals surface area contributed by atoms with Crippen LogP contribution in [0.4, 0.5) is 5.82 Å². The van der Waals surface area contributed by atoms with Gasteiger partial charge >= 0.3 is 0 Å². The van der Waals surface area contributed by atoms with Gasteiger partial charge in [-0.3, -0.25) is 14.2 Å². The average Bonchev–Trinajstić information content (AvgIpc) is 3.46. The second-order valence-corrected chi connectivity index (χ2v) is 7.93. The smallest absolute Gasteiger partial charge is 0.266 e. The van der Waals surface area contributed by atoms with Crippen molar-refractivity contribution in [1.29, 1.82) is 0 Å². The SMILES string of the molecule is O=C(c1ccccc1)N(C(=O)c1ccccc1)c1ncnc2c1ncn2C1OC(CO)C(O)C1O. The van der Waals surface area contributed by atoms with Crippen LogP contribution in [-0.2, 0) is 4.74 Å². The van der Waals surface area contributed by atoms with E-state index in [1.807, 2.05) is 0 Å². The van der Waals surface area contributed by atoms with Crippen molar-refractivity contribution in [2.24, 2.45) is 0 Å². The summed E-state index contributed by atoms with van der Waals surface area (Å²) in [6.45, 7) is -0.494. The largest absolute Gasteiger partial charge is 0.394 e. The second-order valence-electron chi connectivity index (χ2n) is 7.93. The van der Waals surface area contributed by atoms with Gasteiger partial charge in [0, 0.05) is 11.1 Å². The number of hydrogen-bond donors (Lipinski definition) is 3. The molecular weight excluding hydrogens is 454 g/mol. The summed E-state index contributed by atoms with van der Waals surface area (Å²) in [5.74, 6) is -1.27. The molecule has 1 aliphatic rings. The molecule has 0 aliphatic carbocycles. The van der Waals surface area contributed by atoms with Gasteiger partial charge < -0.3 is 20.1 Å². The lowest BCUT2D eigenvalue weighted by atomic mass is 10.1. The van der Waals surface area contributed by atoms with Crippen molar-refractivity contribution in [3.63, 3.8) is 0 Å². The standard InChI is InChI=1S/C24H21N5O6/c30-11-16-18(31)19(32)24(35-16)28-13-27-17-20(28)25-12-26-21(17)29(22(33)14-7-3-1-4-8-14)23(34)15-9-5-2-6-10-15/h1-10,12-13,16,18-19,24,30-32H,11H2. The number of aliphatic hydroxyl groups excluding tert-OH is 3. The summed E-state index contributed by atoms with van der Waals surface area (Å²) >= 11 is 0. The Hall–Kier alpha value is -4.03. The van der Waals surface area contributed by atoms with Crippen LogP contribution in [0.15, 0.2) is 73.3 Å². The molecule has 5 rings (SSSR count). The Morgan fingerprint density at radius 3 is 2.03 bits per heavy atom. The third-order valence-electron chi connectivity index (χ3n) is 5.79. The number of hydrogen-bond acceptors (Lipinski definition) is 9. The molecule has 2 aromatic heterocycles. The number of nitrogens with zero attached hydrogens (tertiary/aromatic N) is 5. The molecule has 3 N–H and O–H groups in total. The van der Waals surface area contributed by atoms with E-state index >= 15 is 0 Å². The number of benzene rings is 2. The Labute approximate surface area is 198 Å². The molecule has 2 aromatic carbocycles. The molecule has 1 fully saturated rings. The molecule has 1 aliphatic heterocycles. The number of rotatable bonds is 5. The van der Waals surface area contributed by atoms with Crippen LogP contribution in [0.5, 0.6) is 0 Å². The highest BCUT2D eigenvalue weighted by atomic mass is 16.6. The van der Waals surface area contributed by atoms with Crippen LogP contribution in [0.2, 0.25) is 0 Å². The zero-order valence-corrected chi connectivity index (χ0v) is 18.2. The summed E-state index contributed by atoms with van der Waals surface area (Å²) in [5.41, 5.74) is 0.813. The Morgan fingerprint density at radius 1 is 0.886 bits per heavy atom. The highest BCUT2D eigenvalue weighted by molar-refractivity contribution is 6.27. The van der Waals surface area contributed by atoms with Crippen molar-refractivity contribution in [3.05, 3.63) is 84.4 Å². The molecule has 11 nitrogen and oxygen atoms in total. The van der Waals surface area contributed by atoms with Gasteiger partial charge in [0.2, 0.25) is 0 Å². The Kier molecular flexibility index (Phi) is 6.05. The Morgan fingerprint density at radius 2 is 1.49 bits per heavy atom. The van der Waals surface area contributed by atoms with Gasteiger partial charge in [-0.05, 0) is 24.3 Å². The van der Waals surface area contributed by atoms with Crippen LogP contribution in [-0.4, -0.2) is 71.6 Å². The Balaban J connectivity index is 1.62. The number of anilines is 1. The third kappa shape index (κ3) is 3.96. The van der Waals surface area contributed by atoms with Crippen LogP contribution in [0.1, 0.15) is 26.9 Å². The maximum atomic E-state index is 13.5. The number of ether oxygens (including phenoxy) is 1. The van der Waals surface area contributed by atoms with Gasteiger partial charge in [0.25, 0.3) is 11.8 Å². The van der Waals surface area contributed by atoms with Crippen LogP contribution < -0.4 is 4.90 Å². The topological polar surface area (TPSA) is 151 Å². The van der Waals surface area contributed by atoms with Gasteiger partial charge in [-0.15, -0.1) is 0 Å². The van der Waals surface area contributed by atoms with E-state index in [2.05, 4.69) is 15.0 Å². The maximum absolute atomic E-state index is 13.5. The van der Waals surface area contributed by atoms with E-state index in [-0.39, 0.29) is 28.1 Å². The monoisotopic (exact) mass is 475 g/mol. The first-order valence-corrected chi connectivity index (χ1v) is 10.8.